The van der Waals surface area contributed by atoms with Crippen molar-refractivity contribution in [2.45, 2.75) is 70.6 Å². The largest absolute Gasteiger partial charge is 0.444 e. The molecule has 1 aliphatic carbocycles. The van der Waals surface area contributed by atoms with Gasteiger partial charge in [0.25, 0.3) is 5.89 Å². The lowest BCUT2D eigenvalue weighted by Gasteiger charge is -2.24. The molecule has 0 bridgehead atoms. The summed E-state index contributed by atoms with van der Waals surface area (Å²) in [7, 11) is 0. The van der Waals surface area contributed by atoms with E-state index in [1.165, 1.54) is 0 Å². The Labute approximate surface area is 124 Å². The van der Waals surface area contributed by atoms with Crippen LogP contribution in [0.4, 0.5) is 4.79 Å². The van der Waals surface area contributed by atoms with Crippen LogP contribution in [0.2, 0.25) is 0 Å². The third-order valence-electron chi connectivity index (χ3n) is 3.18. The number of hydrogen-bond donors (Lipinski definition) is 2. The average molecular weight is 297 g/mol. The highest BCUT2D eigenvalue weighted by Crippen LogP contribution is 2.38. The first-order valence-corrected chi connectivity index (χ1v) is 7.31. The normalized spacial score (nSPS) is 18.1. The minimum atomic E-state index is -1.04. The molecule has 7 heteroatoms. The lowest BCUT2D eigenvalue weighted by molar-refractivity contribution is 0.0375. The molecular weight excluding hydrogens is 274 g/mol. The zero-order valence-corrected chi connectivity index (χ0v) is 12.9. The molecule has 1 aromatic heterocycles. The summed E-state index contributed by atoms with van der Waals surface area (Å²) in [5.74, 6) is 1.13. The molecule has 21 heavy (non-hydrogen) atoms. The topological polar surface area (TPSA) is 97.5 Å². The van der Waals surface area contributed by atoms with E-state index in [1.807, 2.05) is 6.92 Å². The van der Waals surface area contributed by atoms with Gasteiger partial charge in [-0.25, -0.2) is 4.79 Å². The number of ether oxygens (including phenoxy) is 1. The minimum Gasteiger partial charge on any atom is -0.444 e. The molecule has 7 nitrogen and oxygen atoms in total. The van der Waals surface area contributed by atoms with Gasteiger partial charge in [0, 0.05) is 5.92 Å². The van der Waals surface area contributed by atoms with Crippen LogP contribution in [0.1, 0.15) is 70.7 Å². The summed E-state index contributed by atoms with van der Waals surface area (Å²) in [4.78, 5) is 16.0. The zero-order chi connectivity index (χ0) is 15.6. The minimum absolute atomic E-state index is 0.139. The molecule has 2 atom stereocenters. The number of nitrogens with one attached hydrogen (secondary N) is 1. The van der Waals surface area contributed by atoms with Crippen molar-refractivity contribution < 1.29 is 19.2 Å². The highest BCUT2D eigenvalue weighted by atomic mass is 16.6. The maximum absolute atomic E-state index is 11.8. The fourth-order valence-corrected chi connectivity index (χ4v) is 1.91. The third kappa shape index (κ3) is 4.42. The number of rotatable bonds is 5. The lowest BCUT2D eigenvalue weighted by atomic mass is 10.1. The zero-order valence-electron chi connectivity index (χ0n) is 12.9. The highest BCUT2D eigenvalue weighted by molar-refractivity contribution is 5.68. The Balaban J connectivity index is 1.96. The molecule has 1 aromatic rings. The molecule has 0 radical (unpaired) electrons. The van der Waals surface area contributed by atoms with Crippen molar-refractivity contribution in [1.29, 1.82) is 0 Å². The standard InChI is InChI=1S/C14H23N3O4/c1-5-9(15-13(19)20-14(2,3)4)10(18)12-16-11(17-21-12)8-6-7-8/h8-10,18H,5-7H2,1-4H3,(H,15,19)/t9-,10-/m0/s1. The molecule has 0 aliphatic heterocycles. The van der Waals surface area contributed by atoms with E-state index in [-0.39, 0.29) is 5.89 Å². The molecule has 0 aromatic carbocycles. The van der Waals surface area contributed by atoms with Gasteiger partial charge >= 0.3 is 6.09 Å². The fourth-order valence-electron chi connectivity index (χ4n) is 1.91. The molecule has 1 aliphatic rings. The van der Waals surface area contributed by atoms with Crippen LogP contribution in [0, 0.1) is 0 Å². The Bertz CT molecular complexity index is 491. The summed E-state index contributed by atoms with van der Waals surface area (Å²) >= 11 is 0. The molecule has 0 unspecified atom stereocenters. The van der Waals surface area contributed by atoms with Crippen molar-refractivity contribution in [2.24, 2.45) is 0 Å². The second kappa shape index (κ2) is 6.01. The van der Waals surface area contributed by atoms with E-state index in [9.17, 15) is 9.90 Å². The van der Waals surface area contributed by atoms with Crippen LogP contribution in [0.5, 0.6) is 0 Å². The van der Waals surface area contributed by atoms with Crippen LogP contribution < -0.4 is 5.32 Å². The van der Waals surface area contributed by atoms with Crippen molar-refractivity contribution in [2.75, 3.05) is 0 Å². The summed E-state index contributed by atoms with van der Waals surface area (Å²) in [5.41, 5.74) is -0.586. The van der Waals surface area contributed by atoms with Gasteiger partial charge in [0.1, 0.15) is 5.60 Å². The van der Waals surface area contributed by atoms with Crippen LogP contribution >= 0.6 is 0 Å². The smallest absolute Gasteiger partial charge is 0.407 e. The Kier molecular flexibility index (Phi) is 4.51. The maximum Gasteiger partial charge on any atom is 0.407 e. The molecule has 0 spiro atoms. The van der Waals surface area contributed by atoms with E-state index in [4.69, 9.17) is 9.26 Å². The summed E-state index contributed by atoms with van der Waals surface area (Å²) in [5, 5.41) is 16.8. The molecule has 2 rings (SSSR count). The van der Waals surface area contributed by atoms with Crippen molar-refractivity contribution >= 4 is 6.09 Å². The Morgan fingerprint density at radius 2 is 2.19 bits per heavy atom. The number of carbonyl (C=O) groups excluding carboxylic acids is 1. The highest BCUT2D eigenvalue weighted by Gasteiger charge is 2.32. The van der Waals surface area contributed by atoms with Crippen LogP contribution in [0.25, 0.3) is 0 Å². The van der Waals surface area contributed by atoms with Gasteiger partial charge in [-0.1, -0.05) is 12.1 Å². The molecule has 1 fully saturated rings. The fraction of sp³-hybridized carbons (Fsp3) is 0.786. The first-order valence-electron chi connectivity index (χ1n) is 7.31. The van der Waals surface area contributed by atoms with E-state index in [0.717, 1.165) is 12.8 Å². The number of aromatic nitrogens is 2. The van der Waals surface area contributed by atoms with Crippen molar-refractivity contribution in [1.82, 2.24) is 15.5 Å². The second-order valence-corrected chi connectivity index (χ2v) is 6.37. The van der Waals surface area contributed by atoms with E-state index < -0.39 is 23.8 Å². The quantitative estimate of drug-likeness (QED) is 0.865. The number of hydrogen-bond acceptors (Lipinski definition) is 6. The van der Waals surface area contributed by atoms with Crippen molar-refractivity contribution in [3.63, 3.8) is 0 Å². The van der Waals surface area contributed by atoms with E-state index in [1.54, 1.807) is 20.8 Å². The Hall–Kier alpha value is -1.63. The monoisotopic (exact) mass is 297 g/mol. The Morgan fingerprint density at radius 1 is 1.52 bits per heavy atom. The van der Waals surface area contributed by atoms with E-state index in [2.05, 4.69) is 15.5 Å². The van der Waals surface area contributed by atoms with Crippen molar-refractivity contribution in [3.05, 3.63) is 11.7 Å². The predicted octanol–water partition coefficient (Wildman–Crippen LogP) is 2.28. The van der Waals surface area contributed by atoms with Gasteiger partial charge in [0.15, 0.2) is 11.9 Å². The summed E-state index contributed by atoms with van der Waals surface area (Å²) < 4.78 is 10.3. The number of aliphatic hydroxyl groups excluding tert-OH is 1. The third-order valence-corrected chi connectivity index (χ3v) is 3.18. The Morgan fingerprint density at radius 3 is 2.71 bits per heavy atom. The average Bonchev–Trinajstić information content (AvgIpc) is 3.11. The number of amides is 1. The van der Waals surface area contributed by atoms with Crippen LogP contribution in [0.3, 0.4) is 0 Å². The van der Waals surface area contributed by atoms with Gasteiger partial charge in [-0.2, -0.15) is 4.98 Å². The van der Waals surface area contributed by atoms with Gasteiger partial charge in [0.05, 0.1) is 6.04 Å². The molecule has 1 saturated carbocycles. The number of carbonyl (C=O) groups is 1. The molecule has 1 heterocycles. The van der Waals surface area contributed by atoms with Gasteiger partial charge in [-0.15, -0.1) is 0 Å². The predicted molar refractivity (Wildman–Crippen MR) is 74.7 cm³/mol. The maximum atomic E-state index is 11.8. The molecule has 0 saturated heterocycles. The van der Waals surface area contributed by atoms with Gasteiger partial charge in [-0.3, -0.25) is 0 Å². The van der Waals surface area contributed by atoms with Gasteiger partial charge in [0.2, 0.25) is 0 Å². The van der Waals surface area contributed by atoms with Crippen LogP contribution in [0.15, 0.2) is 4.52 Å². The SMILES string of the molecule is CC[C@H](NC(=O)OC(C)(C)C)[C@H](O)c1nc(C2CC2)no1. The van der Waals surface area contributed by atoms with E-state index in [0.29, 0.717) is 18.2 Å². The number of nitrogens with zero attached hydrogens (tertiary/aromatic N) is 2. The van der Waals surface area contributed by atoms with Gasteiger partial charge < -0.3 is 19.7 Å². The van der Waals surface area contributed by atoms with Gasteiger partial charge in [-0.05, 0) is 40.0 Å². The first kappa shape index (κ1) is 15.8. The second-order valence-electron chi connectivity index (χ2n) is 6.37. The number of alkyl carbamates (subject to hydrolysis) is 1. The van der Waals surface area contributed by atoms with Crippen LogP contribution in [-0.4, -0.2) is 33.0 Å². The summed E-state index contributed by atoms with van der Waals surface area (Å²) in [6.07, 6.45) is 1.02. The molecule has 118 valence electrons. The summed E-state index contributed by atoms with van der Waals surface area (Å²) in [6, 6.07) is -0.535. The summed E-state index contributed by atoms with van der Waals surface area (Å²) in [6.45, 7) is 7.20. The molecule has 1 amide bonds. The van der Waals surface area contributed by atoms with E-state index >= 15 is 0 Å². The molecular formula is C14H23N3O4. The van der Waals surface area contributed by atoms with Crippen LogP contribution in [-0.2, 0) is 4.74 Å². The van der Waals surface area contributed by atoms with Crippen molar-refractivity contribution in [3.8, 4) is 0 Å². The lowest BCUT2D eigenvalue weighted by Crippen LogP contribution is -2.42. The number of aliphatic hydroxyl groups is 1. The molecule has 2 N–H and O–H groups in total. The first-order chi connectivity index (χ1) is 9.80.